The second kappa shape index (κ2) is 15.1. The van der Waals surface area contributed by atoms with Crippen LogP contribution in [0.5, 0.6) is 0 Å². The van der Waals surface area contributed by atoms with E-state index in [-0.39, 0.29) is 28.8 Å². The van der Waals surface area contributed by atoms with Gasteiger partial charge in [0, 0.05) is 23.1 Å². The lowest BCUT2D eigenvalue weighted by atomic mass is 10.1. The lowest BCUT2D eigenvalue weighted by Crippen LogP contribution is -2.03. The molecule has 0 fully saturated rings. The zero-order chi connectivity index (χ0) is 13.7. The van der Waals surface area contributed by atoms with Crippen LogP contribution in [0.15, 0.2) is 0 Å². The van der Waals surface area contributed by atoms with E-state index in [1.807, 2.05) is 0 Å². The van der Waals surface area contributed by atoms with Gasteiger partial charge < -0.3 is 0 Å². The molecule has 112 valence electrons. The summed E-state index contributed by atoms with van der Waals surface area (Å²) in [7, 11) is -3.74. The summed E-state index contributed by atoms with van der Waals surface area (Å²) in [5.74, 6) is -0.0789. The third-order valence-electron chi connectivity index (χ3n) is 3.26. The van der Waals surface area contributed by atoms with Crippen molar-refractivity contribution in [1.82, 2.24) is 0 Å². The molecule has 5 heteroatoms. The van der Waals surface area contributed by atoms with Gasteiger partial charge in [-0.25, -0.2) is 0 Å². The second-order valence-electron chi connectivity index (χ2n) is 5.18. The van der Waals surface area contributed by atoms with Gasteiger partial charge in [-0.2, -0.15) is 8.42 Å². The largest absolute Gasteiger partial charge is 0.286 e. The second-order valence-corrected chi connectivity index (χ2v) is 6.75. The van der Waals surface area contributed by atoms with E-state index in [2.05, 4.69) is 6.92 Å². The Kier molecular flexibility index (Phi) is 17.4. The molecule has 0 saturated carbocycles. The highest BCUT2D eigenvalue weighted by molar-refractivity contribution is 7.85. The summed E-state index contributed by atoms with van der Waals surface area (Å²) in [6.45, 7) is 2.24. The highest BCUT2D eigenvalue weighted by Gasteiger charge is 2.02. The smallest absolute Gasteiger partial charge is 0.264 e. The van der Waals surface area contributed by atoms with E-state index in [0.29, 0.717) is 6.42 Å². The monoisotopic (exact) mass is 302 g/mol. The average Bonchev–Trinajstić information content (AvgIpc) is 2.29. The first-order valence-electron chi connectivity index (χ1n) is 7.51. The molecule has 0 saturated heterocycles. The summed E-state index contributed by atoms with van der Waals surface area (Å²) >= 11 is 0. The SMILES string of the molecule is CCCCCCCCCCCCCCS(=O)(=O)O.[Mg]. The topological polar surface area (TPSA) is 54.4 Å². The van der Waals surface area contributed by atoms with Gasteiger partial charge in [0.25, 0.3) is 10.1 Å². The van der Waals surface area contributed by atoms with Gasteiger partial charge in [-0.1, -0.05) is 77.6 Å². The van der Waals surface area contributed by atoms with Gasteiger partial charge in [-0.15, -0.1) is 0 Å². The fourth-order valence-corrected chi connectivity index (χ4v) is 2.69. The lowest BCUT2D eigenvalue weighted by molar-refractivity contribution is 0.478. The van der Waals surface area contributed by atoms with Crippen molar-refractivity contribution in [3.05, 3.63) is 0 Å². The Balaban J connectivity index is 0. The van der Waals surface area contributed by atoms with E-state index in [9.17, 15) is 8.42 Å². The van der Waals surface area contributed by atoms with Crippen LogP contribution in [-0.4, -0.2) is 41.8 Å². The van der Waals surface area contributed by atoms with Gasteiger partial charge >= 0.3 is 0 Å². The van der Waals surface area contributed by atoms with Crippen LogP contribution in [-0.2, 0) is 10.1 Å². The standard InChI is InChI=1S/C14H30O3S.Mg/c1-2-3-4-5-6-7-8-9-10-11-12-13-14-18(15,16)17;/h2-14H2,1H3,(H,15,16,17);. The number of unbranched alkanes of at least 4 members (excludes halogenated alkanes) is 11. The van der Waals surface area contributed by atoms with Gasteiger partial charge in [0.2, 0.25) is 0 Å². The first kappa shape index (κ1) is 22.0. The number of hydrogen-bond donors (Lipinski definition) is 1. The van der Waals surface area contributed by atoms with Crippen LogP contribution in [0.3, 0.4) is 0 Å². The summed E-state index contributed by atoms with van der Waals surface area (Å²) in [5.41, 5.74) is 0. The number of hydrogen-bond acceptors (Lipinski definition) is 2. The van der Waals surface area contributed by atoms with Crippen molar-refractivity contribution >= 4 is 33.2 Å². The van der Waals surface area contributed by atoms with E-state index in [1.54, 1.807) is 0 Å². The van der Waals surface area contributed by atoms with Crippen molar-refractivity contribution in [2.24, 2.45) is 0 Å². The quantitative estimate of drug-likeness (QED) is 0.315. The number of rotatable bonds is 13. The van der Waals surface area contributed by atoms with Crippen LogP contribution in [0.1, 0.15) is 84.0 Å². The minimum atomic E-state index is -3.74. The predicted molar refractivity (Wildman–Crippen MR) is 83.2 cm³/mol. The van der Waals surface area contributed by atoms with Crippen LogP contribution < -0.4 is 0 Å². The molecule has 0 spiro atoms. The molecular formula is C14H30MgO3S. The molecule has 0 amide bonds. The molecule has 0 atom stereocenters. The zero-order valence-corrected chi connectivity index (χ0v) is 14.8. The van der Waals surface area contributed by atoms with Crippen LogP contribution in [0.4, 0.5) is 0 Å². The Labute approximate surface area is 135 Å². The first-order valence-corrected chi connectivity index (χ1v) is 9.12. The molecule has 0 bridgehead atoms. The lowest BCUT2D eigenvalue weighted by Gasteiger charge is -2.02. The Morgan fingerprint density at radius 1 is 0.684 bits per heavy atom. The van der Waals surface area contributed by atoms with Crippen molar-refractivity contribution < 1.29 is 13.0 Å². The highest BCUT2D eigenvalue weighted by Crippen LogP contribution is 2.12. The summed E-state index contributed by atoms with van der Waals surface area (Å²) < 4.78 is 29.5. The van der Waals surface area contributed by atoms with E-state index >= 15 is 0 Å². The van der Waals surface area contributed by atoms with Crippen LogP contribution >= 0.6 is 0 Å². The van der Waals surface area contributed by atoms with E-state index in [4.69, 9.17) is 4.55 Å². The molecular weight excluding hydrogens is 273 g/mol. The van der Waals surface area contributed by atoms with Gasteiger partial charge in [0.15, 0.2) is 0 Å². The van der Waals surface area contributed by atoms with Crippen LogP contribution in [0, 0.1) is 0 Å². The summed E-state index contributed by atoms with van der Waals surface area (Å²) in [4.78, 5) is 0. The van der Waals surface area contributed by atoms with Gasteiger partial charge in [0.05, 0.1) is 5.75 Å². The molecule has 0 aromatic heterocycles. The van der Waals surface area contributed by atoms with E-state index < -0.39 is 10.1 Å². The molecule has 0 aliphatic heterocycles. The van der Waals surface area contributed by atoms with Crippen molar-refractivity contribution in [3.8, 4) is 0 Å². The van der Waals surface area contributed by atoms with E-state index in [1.165, 1.54) is 57.8 Å². The summed E-state index contributed by atoms with van der Waals surface area (Å²) in [5, 5.41) is 0. The van der Waals surface area contributed by atoms with Gasteiger partial charge in [-0.3, -0.25) is 4.55 Å². The van der Waals surface area contributed by atoms with Crippen molar-refractivity contribution in [2.45, 2.75) is 84.0 Å². The molecule has 3 nitrogen and oxygen atoms in total. The van der Waals surface area contributed by atoms with Crippen LogP contribution in [0.2, 0.25) is 0 Å². The third-order valence-corrected chi connectivity index (χ3v) is 4.06. The third kappa shape index (κ3) is 21.1. The molecule has 0 aromatic rings. The Morgan fingerprint density at radius 3 is 1.32 bits per heavy atom. The zero-order valence-electron chi connectivity index (χ0n) is 12.6. The summed E-state index contributed by atoms with van der Waals surface area (Å²) in [6, 6.07) is 0. The minimum absolute atomic E-state index is 0. The predicted octanol–water partition coefficient (Wildman–Crippen LogP) is 4.19. The maximum absolute atomic E-state index is 10.5. The van der Waals surface area contributed by atoms with Crippen molar-refractivity contribution in [1.29, 1.82) is 0 Å². The Hall–Kier alpha value is 0.676. The van der Waals surface area contributed by atoms with E-state index in [0.717, 1.165) is 12.8 Å². The average molecular weight is 303 g/mol. The molecule has 0 aromatic carbocycles. The van der Waals surface area contributed by atoms with Crippen LogP contribution in [0.25, 0.3) is 0 Å². The Morgan fingerprint density at radius 2 is 1.00 bits per heavy atom. The first-order chi connectivity index (χ1) is 8.56. The fourth-order valence-electron chi connectivity index (χ4n) is 2.13. The highest BCUT2D eigenvalue weighted by atomic mass is 32.2. The molecule has 0 heterocycles. The molecule has 0 rings (SSSR count). The molecule has 0 aliphatic carbocycles. The Bertz CT molecular complexity index is 266. The fraction of sp³-hybridized carbons (Fsp3) is 1.00. The minimum Gasteiger partial charge on any atom is -0.286 e. The molecule has 2 radical (unpaired) electrons. The van der Waals surface area contributed by atoms with Gasteiger partial charge in [0.1, 0.15) is 0 Å². The molecule has 1 N–H and O–H groups in total. The van der Waals surface area contributed by atoms with Crippen molar-refractivity contribution in [2.75, 3.05) is 5.75 Å². The molecule has 19 heavy (non-hydrogen) atoms. The van der Waals surface area contributed by atoms with Crippen molar-refractivity contribution in [3.63, 3.8) is 0 Å². The summed E-state index contributed by atoms with van der Waals surface area (Å²) in [6.07, 6.45) is 14.5. The normalized spacial score (nSPS) is 11.3. The van der Waals surface area contributed by atoms with Gasteiger partial charge in [-0.05, 0) is 6.42 Å². The maximum Gasteiger partial charge on any atom is 0.264 e. The molecule has 0 aliphatic rings. The maximum atomic E-state index is 10.5. The molecule has 0 unspecified atom stereocenters.